The number of nitrogens with zero attached hydrogens (tertiary/aromatic N) is 1. The van der Waals surface area contributed by atoms with Gasteiger partial charge in [-0.1, -0.05) is 55.5 Å². The number of hydrogen-bond donors (Lipinski definition) is 0. The summed E-state index contributed by atoms with van der Waals surface area (Å²) in [4.78, 5) is 2.69. The highest BCUT2D eigenvalue weighted by Gasteiger charge is 2.47. The Bertz CT molecular complexity index is 746. The quantitative estimate of drug-likeness (QED) is 0.760. The molecule has 1 heterocycles. The largest absolute Gasteiger partial charge is 0.298 e. The first-order chi connectivity index (χ1) is 11.7. The monoisotopic (exact) mass is 317 g/mol. The van der Waals surface area contributed by atoms with Gasteiger partial charge in [-0.15, -0.1) is 0 Å². The first-order valence-electron chi connectivity index (χ1n) is 9.61. The maximum atomic E-state index is 2.69. The van der Waals surface area contributed by atoms with Crippen molar-refractivity contribution in [2.24, 2.45) is 5.41 Å². The Hall–Kier alpha value is -1.60. The lowest BCUT2D eigenvalue weighted by Gasteiger charge is -2.38. The van der Waals surface area contributed by atoms with Crippen LogP contribution < -0.4 is 0 Å². The molecule has 124 valence electrons. The van der Waals surface area contributed by atoms with E-state index < -0.39 is 0 Å². The van der Waals surface area contributed by atoms with Crippen LogP contribution in [0.4, 0.5) is 0 Å². The maximum absolute atomic E-state index is 2.69. The van der Waals surface area contributed by atoms with Gasteiger partial charge in [-0.3, -0.25) is 4.90 Å². The minimum atomic E-state index is 0.462. The zero-order valence-corrected chi connectivity index (χ0v) is 14.7. The van der Waals surface area contributed by atoms with E-state index in [4.69, 9.17) is 0 Å². The molecule has 1 nitrogen and oxygen atoms in total. The van der Waals surface area contributed by atoms with Crippen molar-refractivity contribution in [2.75, 3.05) is 13.1 Å². The summed E-state index contributed by atoms with van der Waals surface area (Å²) in [7, 11) is 0. The molecule has 5 rings (SSSR count). The second-order valence-corrected chi connectivity index (χ2v) is 8.55. The highest BCUT2D eigenvalue weighted by atomic mass is 15.2. The van der Waals surface area contributed by atoms with E-state index in [-0.39, 0.29) is 0 Å². The molecule has 2 fully saturated rings. The first-order valence-corrected chi connectivity index (χ1v) is 9.61. The molecular weight excluding hydrogens is 290 g/mol. The third-order valence-electron chi connectivity index (χ3n) is 6.70. The smallest absolute Gasteiger partial charge is 0.0234 e. The normalized spacial score (nSPS) is 29.3. The minimum absolute atomic E-state index is 0.462. The molecular formula is C23H27N. The summed E-state index contributed by atoms with van der Waals surface area (Å²) in [5.74, 6) is 1.61. The molecule has 3 aliphatic rings. The molecule has 0 N–H and O–H groups in total. The van der Waals surface area contributed by atoms with Gasteiger partial charge < -0.3 is 0 Å². The van der Waals surface area contributed by atoms with Crippen LogP contribution in [-0.2, 0) is 13.0 Å². The van der Waals surface area contributed by atoms with Gasteiger partial charge in [0, 0.05) is 25.6 Å². The molecule has 1 saturated carbocycles. The Balaban J connectivity index is 1.44. The van der Waals surface area contributed by atoms with Crippen LogP contribution in [0, 0.1) is 5.41 Å². The van der Waals surface area contributed by atoms with Gasteiger partial charge in [0.25, 0.3) is 0 Å². The molecule has 2 aromatic carbocycles. The van der Waals surface area contributed by atoms with Crippen LogP contribution in [0.3, 0.4) is 0 Å². The first kappa shape index (κ1) is 14.7. The average molecular weight is 317 g/mol. The van der Waals surface area contributed by atoms with Gasteiger partial charge in [-0.05, 0) is 59.3 Å². The molecule has 1 aliphatic heterocycles. The summed E-state index contributed by atoms with van der Waals surface area (Å²) in [5.41, 5.74) is 7.01. The summed E-state index contributed by atoms with van der Waals surface area (Å²) in [6.45, 7) is 6.12. The van der Waals surface area contributed by atoms with Crippen molar-refractivity contribution in [3.05, 3.63) is 70.8 Å². The molecule has 0 radical (unpaired) electrons. The number of benzene rings is 2. The van der Waals surface area contributed by atoms with E-state index >= 15 is 0 Å². The van der Waals surface area contributed by atoms with E-state index in [0.717, 1.165) is 18.4 Å². The molecule has 1 heteroatoms. The fraction of sp³-hybridized carbons (Fsp3) is 0.478. The fourth-order valence-corrected chi connectivity index (χ4v) is 5.28. The van der Waals surface area contributed by atoms with Crippen LogP contribution in [0.15, 0.2) is 48.5 Å². The van der Waals surface area contributed by atoms with Crippen LogP contribution in [0.1, 0.15) is 60.3 Å². The van der Waals surface area contributed by atoms with E-state index in [1.54, 1.807) is 16.7 Å². The minimum Gasteiger partial charge on any atom is -0.298 e. The summed E-state index contributed by atoms with van der Waals surface area (Å²) >= 11 is 0. The van der Waals surface area contributed by atoms with E-state index in [1.807, 2.05) is 0 Å². The zero-order valence-electron chi connectivity index (χ0n) is 14.7. The van der Waals surface area contributed by atoms with Crippen LogP contribution in [0.5, 0.6) is 0 Å². The van der Waals surface area contributed by atoms with Crippen molar-refractivity contribution in [1.82, 2.24) is 4.90 Å². The number of hydrogen-bond acceptors (Lipinski definition) is 1. The molecule has 0 spiro atoms. The van der Waals surface area contributed by atoms with Crippen molar-refractivity contribution < 1.29 is 0 Å². The Morgan fingerprint density at radius 3 is 2.58 bits per heavy atom. The lowest BCUT2D eigenvalue weighted by molar-refractivity contribution is 0.240. The average Bonchev–Trinajstić information content (AvgIpc) is 3.38. The van der Waals surface area contributed by atoms with Crippen LogP contribution >= 0.6 is 0 Å². The number of fused-ring (bicyclic) bond motifs is 3. The summed E-state index contributed by atoms with van der Waals surface area (Å²) in [6, 6.07) is 18.2. The summed E-state index contributed by atoms with van der Waals surface area (Å²) in [6.07, 6.45) is 5.49. The van der Waals surface area contributed by atoms with Crippen LogP contribution in [-0.4, -0.2) is 18.0 Å². The van der Waals surface area contributed by atoms with E-state index in [1.165, 1.54) is 44.3 Å². The van der Waals surface area contributed by atoms with Gasteiger partial charge >= 0.3 is 0 Å². The molecule has 24 heavy (non-hydrogen) atoms. The lowest BCUT2D eigenvalue weighted by Crippen LogP contribution is -2.31. The highest BCUT2D eigenvalue weighted by molar-refractivity contribution is 5.45. The Kier molecular flexibility index (Phi) is 3.35. The second-order valence-electron chi connectivity index (χ2n) is 8.55. The molecule has 0 aromatic heterocycles. The molecule has 1 saturated heterocycles. The van der Waals surface area contributed by atoms with Gasteiger partial charge in [-0.2, -0.15) is 0 Å². The fourth-order valence-electron chi connectivity index (χ4n) is 5.28. The van der Waals surface area contributed by atoms with Crippen LogP contribution in [0.25, 0.3) is 0 Å². The van der Waals surface area contributed by atoms with E-state index in [0.29, 0.717) is 5.41 Å². The van der Waals surface area contributed by atoms with Crippen molar-refractivity contribution in [2.45, 2.75) is 51.0 Å². The molecule has 0 bridgehead atoms. The number of likely N-dealkylation sites (tertiary alicyclic amines) is 1. The lowest BCUT2D eigenvalue weighted by atomic mass is 9.66. The predicted molar refractivity (Wildman–Crippen MR) is 99.3 cm³/mol. The third-order valence-corrected chi connectivity index (χ3v) is 6.70. The summed E-state index contributed by atoms with van der Waals surface area (Å²) in [5, 5.41) is 0. The van der Waals surface area contributed by atoms with Gasteiger partial charge in [0.15, 0.2) is 0 Å². The number of rotatable bonds is 3. The topological polar surface area (TPSA) is 3.24 Å². The van der Waals surface area contributed by atoms with Crippen molar-refractivity contribution in [1.29, 1.82) is 0 Å². The zero-order chi connectivity index (χ0) is 16.1. The molecule has 0 amide bonds. The Labute approximate surface area is 145 Å². The third kappa shape index (κ3) is 2.41. The van der Waals surface area contributed by atoms with Gasteiger partial charge in [0.2, 0.25) is 0 Å². The van der Waals surface area contributed by atoms with Crippen molar-refractivity contribution in [3.8, 4) is 0 Å². The van der Waals surface area contributed by atoms with Crippen molar-refractivity contribution >= 4 is 0 Å². The van der Waals surface area contributed by atoms with E-state index in [2.05, 4.69) is 60.4 Å². The molecule has 2 aromatic rings. The van der Waals surface area contributed by atoms with Crippen molar-refractivity contribution in [3.63, 3.8) is 0 Å². The maximum Gasteiger partial charge on any atom is 0.0234 e. The Morgan fingerprint density at radius 1 is 1.00 bits per heavy atom. The molecule has 0 unspecified atom stereocenters. The Morgan fingerprint density at radius 2 is 1.79 bits per heavy atom. The SMILES string of the molecule is C[C@@]12CCc3c(C4CC4)cccc3[C@@H]1CN(Cc1ccccc1)C2. The standard InChI is InChI=1S/C23H27N/c1-23-13-12-20-19(18-10-11-18)8-5-9-21(20)22(23)15-24(16-23)14-17-6-3-2-4-7-17/h2-9,18,22H,10-16H2,1H3/t22-,23-/m0/s1. The van der Waals surface area contributed by atoms with Crippen LogP contribution in [0.2, 0.25) is 0 Å². The van der Waals surface area contributed by atoms with E-state index in [9.17, 15) is 0 Å². The van der Waals surface area contributed by atoms with Gasteiger partial charge in [0.05, 0.1) is 0 Å². The second kappa shape index (κ2) is 5.46. The van der Waals surface area contributed by atoms with Gasteiger partial charge in [0.1, 0.15) is 0 Å². The highest BCUT2D eigenvalue weighted by Crippen LogP contribution is 2.53. The molecule has 2 atom stereocenters. The molecule has 2 aliphatic carbocycles. The van der Waals surface area contributed by atoms with Gasteiger partial charge in [-0.25, -0.2) is 0 Å². The summed E-state index contributed by atoms with van der Waals surface area (Å²) < 4.78 is 0. The predicted octanol–water partition coefficient (Wildman–Crippen LogP) is 5.12.